The van der Waals surface area contributed by atoms with E-state index in [0.29, 0.717) is 18.2 Å². The molecule has 128 valence electrons. The normalized spacial score (nSPS) is 18.2. The minimum absolute atomic E-state index is 0. The number of halogens is 4. The molecule has 0 aliphatic heterocycles. The molecule has 23 heavy (non-hydrogen) atoms. The number of hydrogen-bond donors (Lipinski definition) is 2. The smallest absolute Gasteiger partial charge is 0.406 e. The Labute approximate surface area is 150 Å². The SMILES string of the molecule is I.NC(=NCC1CC=CCC1)Nc1ccc(OC(F)(F)F)cc1. The van der Waals surface area contributed by atoms with E-state index in [1.54, 1.807) is 0 Å². The molecule has 8 heteroatoms. The first-order valence-corrected chi connectivity index (χ1v) is 7.00. The van der Waals surface area contributed by atoms with E-state index < -0.39 is 6.36 Å². The van der Waals surface area contributed by atoms with Gasteiger partial charge in [-0.05, 0) is 49.4 Å². The van der Waals surface area contributed by atoms with Crippen LogP contribution in [0.3, 0.4) is 0 Å². The number of ether oxygens (including phenoxy) is 1. The molecule has 0 fully saturated rings. The highest BCUT2D eigenvalue weighted by Gasteiger charge is 2.30. The minimum atomic E-state index is -4.69. The standard InChI is InChI=1S/C15H18F3N3O.HI/c16-15(17,18)22-13-8-6-12(7-9-13)21-14(19)20-10-11-4-2-1-3-5-11;/h1-2,6-9,11H,3-5,10H2,(H3,19,20,21);1H. The van der Waals surface area contributed by atoms with Crippen molar-refractivity contribution in [1.29, 1.82) is 0 Å². The second-order valence-electron chi connectivity index (χ2n) is 5.07. The minimum Gasteiger partial charge on any atom is -0.406 e. The van der Waals surface area contributed by atoms with Crippen molar-refractivity contribution >= 4 is 35.6 Å². The highest BCUT2D eigenvalue weighted by Crippen LogP contribution is 2.24. The molecule has 0 saturated heterocycles. The molecule has 3 N–H and O–H groups in total. The molecule has 1 atom stereocenters. The Morgan fingerprint density at radius 2 is 1.96 bits per heavy atom. The lowest BCUT2D eigenvalue weighted by Crippen LogP contribution is -2.24. The van der Waals surface area contributed by atoms with E-state index in [0.717, 1.165) is 19.3 Å². The van der Waals surface area contributed by atoms with Gasteiger partial charge in [0.15, 0.2) is 5.96 Å². The Balaban J connectivity index is 0.00000264. The second kappa shape index (κ2) is 8.99. The topological polar surface area (TPSA) is 59.6 Å². The Morgan fingerprint density at radius 3 is 2.52 bits per heavy atom. The highest BCUT2D eigenvalue weighted by atomic mass is 127. The van der Waals surface area contributed by atoms with Crippen LogP contribution in [0.5, 0.6) is 5.75 Å². The largest absolute Gasteiger partial charge is 0.573 e. The highest BCUT2D eigenvalue weighted by molar-refractivity contribution is 14.0. The van der Waals surface area contributed by atoms with E-state index in [9.17, 15) is 13.2 Å². The maximum Gasteiger partial charge on any atom is 0.573 e. The van der Waals surface area contributed by atoms with Gasteiger partial charge in [-0.25, -0.2) is 0 Å². The van der Waals surface area contributed by atoms with Crippen LogP contribution in [0.25, 0.3) is 0 Å². The number of nitrogens with zero attached hydrogens (tertiary/aromatic N) is 1. The number of guanidine groups is 1. The number of aliphatic imine (C=N–C) groups is 1. The molecule has 4 nitrogen and oxygen atoms in total. The van der Waals surface area contributed by atoms with Gasteiger partial charge in [0.05, 0.1) is 0 Å². The molecule has 0 aromatic heterocycles. The van der Waals surface area contributed by atoms with E-state index in [4.69, 9.17) is 5.73 Å². The Hall–Kier alpha value is -1.45. The lowest BCUT2D eigenvalue weighted by molar-refractivity contribution is -0.274. The summed E-state index contributed by atoms with van der Waals surface area (Å²) < 4.78 is 39.9. The van der Waals surface area contributed by atoms with Crippen LogP contribution in [-0.2, 0) is 0 Å². The summed E-state index contributed by atoms with van der Waals surface area (Å²) in [6.45, 7) is 0.637. The van der Waals surface area contributed by atoms with E-state index in [-0.39, 0.29) is 35.7 Å². The first-order chi connectivity index (χ1) is 10.4. The average molecular weight is 441 g/mol. The third kappa shape index (κ3) is 7.58. The van der Waals surface area contributed by atoms with Gasteiger partial charge in [0.2, 0.25) is 0 Å². The van der Waals surface area contributed by atoms with Gasteiger partial charge in [0.25, 0.3) is 0 Å². The fourth-order valence-electron chi connectivity index (χ4n) is 2.18. The lowest BCUT2D eigenvalue weighted by Gasteiger charge is -2.15. The molecule has 1 aromatic rings. The molecule has 1 unspecified atom stereocenters. The number of benzene rings is 1. The average Bonchev–Trinajstić information content (AvgIpc) is 2.47. The van der Waals surface area contributed by atoms with Crippen molar-refractivity contribution in [1.82, 2.24) is 0 Å². The van der Waals surface area contributed by atoms with E-state index >= 15 is 0 Å². The summed E-state index contributed by atoms with van der Waals surface area (Å²) in [6.07, 6.45) is 2.77. The van der Waals surface area contributed by atoms with Gasteiger partial charge in [-0.2, -0.15) is 0 Å². The van der Waals surface area contributed by atoms with Gasteiger partial charge in [-0.1, -0.05) is 12.2 Å². The van der Waals surface area contributed by atoms with Crippen molar-refractivity contribution in [2.45, 2.75) is 25.6 Å². The third-order valence-corrected chi connectivity index (χ3v) is 3.26. The van der Waals surface area contributed by atoms with Gasteiger partial charge < -0.3 is 15.8 Å². The monoisotopic (exact) mass is 441 g/mol. The quantitative estimate of drug-likeness (QED) is 0.317. The molecular formula is C15H19F3IN3O. The maximum absolute atomic E-state index is 12.0. The molecule has 0 saturated carbocycles. The number of nitrogens with one attached hydrogen (secondary N) is 1. The lowest BCUT2D eigenvalue weighted by atomic mass is 9.95. The second-order valence-corrected chi connectivity index (χ2v) is 5.07. The number of allylic oxidation sites excluding steroid dienone is 2. The summed E-state index contributed by atoms with van der Waals surface area (Å²) in [6, 6.07) is 5.34. The number of alkyl halides is 3. The van der Waals surface area contributed by atoms with Crippen LogP contribution in [0.1, 0.15) is 19.3 Å². The molecular weight excluding hydrogens is 422 g/mol. The zero-order valence-corrected chi connectivity index (χ0v) is 14.7. The molecule has 1 aliphatic carbocycles. The molecule has 1 aliphatic rings. The Morgan fingerprint density at radius 1 is 1.26 bits per heavy atom. The van der Waals surface area contributed by atoms with Gasteiger partial charge >= 0.3 is 6.36 Å². The first-order valence-electron chi connectivity index (χ1n) is 7.00. The third-order valence-electron chi connectivity index (χ3n) is 3.26. The van der Waals surface area contributed by atoms with Crippen molar-refractivity contribution in [2.75, 3.05) is 11.9 Å². The zero-order valence-electron chi connectivity index (χ0n) is 12.3. The van der Waals surface area contributed by atoms with Crippen LogP contribution in [0.15, 0.2) is 41.4 Å². The van der Waals surface area contributed by atoms with Crippen LogP contribution < -0.4 is 15.8 Å². The van der Waals surface area contributed by atoms with Crippen molar-refractivity contribution < 1.29 is 17.9 Å². The predicted molar refractivity (Wildman–Crippen MR) is 95.1 cm³/mol. The molecule has 0 spiro atoms. The number of nitrogens with two attached hydrogens (primary N) is 1. The number of rotatable bonds is 4. The van der Waals surface area contributed by atoms with Crippen molar-refractivity contribution in [2.24, 2.45) is 16.6 Å². The van der Waals surface area contributed by atoms with Crippen molar-refractivity contribution in [3.63, 3.8) is 0 Å². The molecule has 0 radical (unpaired) electrons. The summed E-state index contributed by atoms with van der Waals surface area (Å²) in [4.78, 5) is 4.26. The van der Waals surface area contributed by atoms with Crippen molar-refractivity contribution in [3.8, 4) is 5.75 Å². The van der Waals surface area contributed by atoms with Crippen LogP contribution >= 0.6 is 24.0 Å². The van der Waals surface area contributed by atoms with E-state index in [2.05, 4.69) is 27.2 Å². The molecule has 0 bridgehead atoms. The summed E-state index contributed by atoms with van der Waals surface area (Å²) >= 11 is 0. The van der Waals surface area contributed by atoms with E-state index in [1.807, 2.05) is 0 Å². The fourth-order valence-corrected chi connectivity index (χ4v) is 2.18. The molecule has 0 amide bonds. The Bertz CT molecular complexity index is 544. The van der Waals surface area contributed by atoms with Crippen LogP contribution in [0, 0.1) is 5.92 Å². The zero-order chi connectivity index (χ0) is 16.0. The summed E-state index contributed by atoms with van der Waals surface area (Å²) in [5.41, 5.74) is 6.33. The van der Waals surface area contributed by atoms with Crippen molar-refractivity contribution in [3.05, 3.63) is 36.4 Å². The number of hydrogen-bond acceptors (Lipinski definition) is 2. The maximum atomic E-state index is 12.0. The first kappa shape index (κ1) is 19.6. The molecule has 0 heterocycles. The molecule has 1 aromatic carbocycles. The van der Waals surface area contributed by atoms with Crippen LogP contribution in [-0.4, -0.2) is 18.9 Å². The van der Waals surface area contributed by atoms with Gasteiger partial charge in [-0.3, -0.25) is 4.99 Å². The summed E-state index contributed by atoms with van der Waals surface area (Å²) in [5.74, 6) is 0.467. The number of anilines is 1. The fraction of sp³-hybridized carbons (Fsp3) is 0.400. The van der Waals surface area contributed by atoms with Crippen LogP contribution in [0.2, 0.25) is 0 Å². The summed E-state index contributed by atoms with van der Waals surface area (Å²) in [5, 5.41) is 2.84. The van der Waals surface area contributed by atoms with Gasteiger partial charge in [0, 0.05) is 12.2 Å². The van der Waals surface area contributed by atoms with Gasteiger partial charge in [0.1, 0.15) is 5.75 Å². The van der Waals surface area contributed by atoms with E-state index in [1.165, 1.54) is 24.3 Å². The van der Waals surface area contributed by atoms with Gasteiger partial charge in [-0.15, -0.1) is 37.1 Å². The summed E-state index contributed by atoms with van der Waals surface area (Å²) in [7, 11) is 0. The Kier molecular flexibility index (Phi) is 7.66. The predicted octanol–water partition coefficient (Wildman–Crippen LogP) is 4.29. The van der Waals surface area contributed by atoms with Crippen LogP contribution in [0.4, 0.5) is 18.9 Å². The molecule has 2 rings (SSSR count).